The number of anilines is 2. The number of ether oxygens (including phenoxy) is 3. The van der Waals surface area contributed by atoms with Crippen molar-refractivity contribution in [1.82, 2.24) is 0 Å². The molecule has 3 aromatic rings. The number of para-hydroxylation sites is 1. The smallest absolute Gasteiger partial charge is 0.259 e. The first kappa shape index (κ1) is 23.1. The predicted molar refractivity (Wildman–Crippen MR) is 127 cm³/mol. The Labute approximate surface area is 194 Å². The zero-order chi connectivity index (χ0) is 23.1. The highest BCUT2D eigenvalue weighted by Gasteiger charge is 2.18. The van der Waals surface area contributed by atoms with Crippen LogP contribution in [0.1, 0.15) is 27.6 Å². The maximum absolute atomic E-state index is 12.9. The van der Waals surface area contributed by atoms with Crippen molar-refractivity contribution in [3.05, 3.63) is 76.3 Å². The monoisotopic (exact) mass is 498 g/mol. The topological polar surface area (TPSA) is 85.9 Å². The molecule has 8 heteroatoms. The Bertz CT molecular complexity index is 1120. The summed E-state index contributed by atoms with van der Waals surface area (Å²) in [4.78, 5) is 25.5. The molecule has 0 bridgehead atoms. The third-order valence-electron chi connectivity index (χ3n) is 4.56. The molecule has 0 radical (unpaired) electrons. The Balaban J connectivity index is 1.88. The van der Waals surface area contributed by atoms with Gasteiger partial charge in [-0.3, -0.25) is 9.59 Å². The van der Waals surface area contributed by atoms with E-state index < -0.39 is 0 Å². The lowest BCUT2D eigenvalue weighted by Crippen LogP contribution is -2.16. The summed E-state index contributed by atoms with van der Waals surface area (Å²) in [5.41, 5.74) is 1.68. The molecule has 3 rings (SSSR count). The number of amides is 2. The van der Waals surface area contributed by atoms with Gasteiger partial charge >= 0.3 is 0 Å². The summed E-state index contributed by atoms with van der Waals surface area (Å²) in [7, 11) is 2.96. The van der Waals surface area contributed by atoms with Crippen LogP contribution in [0.25, 0.3) is 0 Å². The van der Waals surface area contributed by atoms with Gasteiger partial charge in [0.25, 0.3) is 11.8 Å². The minimum absolute atomic E-state index is 0.305. The van der Waals surface area contributed by atoms with Gasteiger partial charge in [-0.15, -0.1) is 0 Å². The van der Waals surface area contributed by atoms with Crippen molar-refractivity contribution in [3.8, 4) is 17.2 Å². The van der Waals surface area contributed by atoms with E-state index in [-0.39, 0.29) is 11.8 Å². The van der Waals surface area contributed by atoms with Crippen LogP contribution < -0.4 is 24.8 Å². The second-order valence-electron chi connectivity index (χ2n) is 6.60. The quantitative estimate of drug-likeness (QED) is 0.435. The van der Waals surface area contributed by atoms with Gasteiger partial charge < -0.3 is 24.8 Å². The van der Waals surface area contributed by atoms with Crippen molar-refractivity contribution in [2.75, 3.05) is 31.5 Å². The fourth-order valence-corrected chi connectivity index (χ4v) is 3.28. The number of hydrogen-bond acceptors (Lipinski definition) is 5. The SMILES string of the molecule is CCOc1ccccc1C(=O)Nc1cc(OC)c(NC(=O)c2ccc(Br)cc2)cc1OC. The average molecular weight is 499 g/mol. The first-order valence-electron chi connectivity index (χ1n) is 9.83. The summed E-state index contributed by atoms with van der Waals surface area (Å²) in [6.45, 7) is 2.29. The Hall–Kier alpha value is -3.52. The van der Waals surface area contributed by atoms with Crippen molar-refractivity contribution >= 4 is 39.1 Å². The Morgan fingerprint density at radius 1 is 0.812 bits per heavy atom. The van der Waals surface area contributed by atoms with Crippen LogP contribution in [0.3, 0.4) is 0 Å². The molecule has 0 saturated heterocycles. The highest BCUT2D eigenvalue weighted by molar-refractivity contribution is 9.10. The van der Waals surface area contributed by atoms with Crippen molar-refractivity contribution in [2.45, 2.75) is 6.92 Å². The summed E-state index contributed by atoms with van der Waals surface area (Å²) < 4.78 is 17.3. The normalized spacial score (nSPS) is 10.2. The molecule has 0 fully saturated rings. The molecule has 0 aliphatic heterocycles. The summed E-state index contributed by atoms with van der Waals surface area (Å²) in [6, 6.07) is 17.1. The number of halogens is 1. The Kier molecular flexibility index (Phi) is 7.72. The lowest BCUT2D eigenvalue weighted by molar-refractivity contribution is 0.101. The number of benzene rings is 3. The molecule has 2 N–H and O–H groups in total. The fraction of sp³-hybridized carbons (Fsp3) is 0.167. The summed E-state index contributed by atoms with van der Waals surface area (Å²) >= 11 is 3.35. The third kappa shape index (κ3) is 5.39. The van der Waals surface area contributed by atoms with Gasteiger partial charge in [0.2, 0.25) is 0 Å². The van der Waals surface area contributed by atoms with Crippen molar-refractivity contribution in [3.63, 3.8) is 0 Å². The van der Waals surface area contributed by atoms with E-state index in [9.17, 15) is 9.59 Å². The summed E-state index contributed by atoms with van der Waals surface area (Å²) in [5.74, 6) is 0.543. The predicted octanol–water partition coefficient (Wildman–Crippen LogP) is 5.37. The molecular weight excluding hydrogens is 476 g/mol. The number of methoxy groups -OCH3 is 2. The van der Waals surface area contributed by atoms with E-state index in [1.165, 1.54) is 14.2 Å². The highest BCUT2D eigenvalue weighted by Crippen LogP contribution is 2.37. The molecule has 32 heavy (non-hydrogen) atoms. The number of carbonyl (C=O) groups is 2. The van der Waals surface area contributed by atoms with Crippen LogP contribution in [-0.4, -0.2) is 32.6 Å². The van der Waals surface area contributed by atoms with E-state index in [0.29, 0.717) is 46.4 Å². The maximum Gasteiger partial charge on any atom is 0.259 e. The van der Waals surface area contributed by atoms with Gasteiger partial charge in [-0.2, -0.15) is 0 Å². The molecule has 166 valence electrons. The van der Waals surface area contributed by atoms with E-state index in [1.54, 1.807) is 60.7 Å². The molecule has 0 saturated carbocycles. The molecular formula is C24H23BrN2O5. The van der Waals surface area contributed by atoms with Crippen molar-refractivity contribution in [2.24, 2.45) is 0 Å². The third-order valence-corrected chi connectivity index (χ3v) is 5.08. The Morgan fingerprint density at radius 3 is 1.94 bits per heavy atom. The van der Waals surface area contributed by atoms with Gasteiger partial charge in [-0.1, -0.05) is 28.1 Å². The van der Waals surface area contributed by atoms with Crippen LogP contribution in [0, 0.1) is 0 Å². The average Bonchev–Trinajstić information content (AvgIpc) is 2.80. The fourth-order valence-electron chi connectivity index (χ4n) is 3.01. The molecule has 2 amide bonds. The number of rotatable bonds is 8. The molecule has 0 spiro atoms. The minimum Gasteiger partial charge on any atom is -0.494 e. The van der Waals surface area contributed by atoms with E-state index in [1.807, 2.05) is 6.92 Å². The van der Waals surface area contributed by atoms with Crippen molar-refractivity contribution < 1.29 is 23.8 Å². The molecule has 3 aromatic carbocycles. The molecule has 0 unspecified atom stereocenters. The van der Waals surface area contributed by atoms with Gasteiger partial charge in [0, 0.05) is 22.2 Å². The number of hydrogen-bond donors (Lipinski definition) is 2. The zero-order valence-corrected chi connectivity index (χ0v) is 19.5. The van der Waals surface area contributed by atoms with Crippen molar-refractivity contribution in [1.29, 1.82) is 0 Å². The van der Waals surface area contributed by atoms with E-state index in [0.717, 1.165) is 4.47 Å². The maximum atomic E-state index is 12.9. The standard InChI is InChI=1S/C24H23BrN2O5/c1-4-32-20-8-6-5-7-17(20)24(29)27-19-14-21(30-2)18(13-22(19)31-3)26-23(28)15-9-11-16(25)12-10-15/h5-14H,4H2,1-3H3,(H,26,28)(H,27,29). The summed E-state index contributed by atoms with van der Waals surface area (Å²) in [6.07, 6.45) is 0. The van der Waals surface area contributed by atoms with Crippen LogP contribution in [0.15, 0.2) is 65.1 Å². The molecule has 0 aliphatic rings. The second-order valence-corrected chi connectivity index (χ2v) is 7.51. The Morgan fingerprint density at radius 2 is 1.38 bits per heavy atom. The van der Waals surface area contributed by atoms with Gasteiger partial charge in [-0.25, -0.2) is 0 Å². The van der Waals surface area contributed by atoms with Crippen LogP contribution in [0.4, 0.5) is 11.4 Å². The lowest BCUT2D eigenvalue weighted by Gasteiger charge is -2.17. The number of nitrogens with one attached hydrogen (secondary N) is 2. The molecule has 0 atom stereocenters. The zero-order valence-electron chi connectivity index (χ0n) is 17.9. The first-order chi connectivity index (χ1) is 15.5. The van der Waals surface area contributed by atoms with E-state index >= 15 is 0 Å². The van der Waals surface area contributed by atoms with Crippen LogP contribution >= 0.6 is 15.9 Å². The van der Waals surface area contributed by atoms with Crippen LogP contribution in [-0.2, 0) is 0 Å². The molecule has 0 heterocycles. The van der Waals surface area contributed by atoms with E-state index in [4.69, 9.17) is 14.2 Å². The van der Waals surface area contributed by atoms with Gasteiger partial charge in [0.05, 0.1) is 37.8 Å². The van der Waals surface area contributed by atoms with E-state index in [2.05, 4.69) is 26.6 Å². The van der Waals surface area contributed by atoms with Crippen LogP contribution in [0.2, 0.25) is 0 Å². The molecule has 0 aromatic heterocycles. The van der Waals surface area contributed by atoms with Gasteiger partial charge in [0.15, 0.2) is 0 Å². The molecule has 7 nitrogen and oxygen atoms in total. The largest absolute Gasteiger partial charge is 0.494 e. The highest BCUT2D eigenvalue weighted by atomic mass is 79.9. The van der Waals surface area contributed by atoms with Gasteiger partial charge in [0.1, 0.15) is 17.2 Å². The summed E-state index contributed by atoms with van der Waals surface area (Å²) in [5, 5.41) is 5.65. The second kappa shape index (κ2) is 10.7. The number of carbonyl (C=O) groups excluding carboxylic acids is 2. The van der Waals surface area contributed by atoms with Crippen LogP contribution in [0.5, 0.6) is 17.2 Å². The lowest BCUT2D eigenvalue weighted by atomic mass is 10.1. The first-order valence-corrected chi connectivity index (χ1v) is 10.6. The molecule has 0 aliphatic carbocycles. The minimum atomic E-state index is -0.360. The van der Waals surface area contributed by atoms with Gasteiger partial charge in [-0.05, 0) is 43.3 Å².